The third kappa shape index (κ3) is 5.39. The van der Waals surface area contributed by atoms with Crippen molar-refractivity contribution in [3.8, 4) is 60.7 Å². The number of halogens is 6. The van der Waals surface area contributed by atoms with Gasteiger partial charge in [-0.15, -0.1) is 0 Å². The highest BCUT2D eigenvalue weighted by Crippen LogP contribution is 2.61. The summed E-state index contributed by atoms with van der Waals surface area (Å²) in [6, 6.07) is 20.9. The summed E-state index contributed by atoms with van der Waals surface area (Å²) in [4.78, 5) is 0. The Labute approximate surface area is 299 Å². The second kappa shape index (κ2) is 13.1. The maximum Gasteiger partial charge on any atom is 0.417 e. The summed E-state index contributed by atoms with van der Waals surface area (Å²) < 4.78 is 93.7. The van der Waals surface area contributed by atoms with Crippen molar-refractivity contribution in [1.82, 2.24) is 0 Å². The van der Waals surface area contributed by atoms with Crippen molar-refractivity contribution in [1.29, 1.82) is 52.6 Å². The van der Waals surface area contributed by atoms with Crippen molar-refractivity contribution in [3.63, 3.8) is 0 Å². The smallest absolute Gasteiger partial charge is 0.192 e. The molecule has 10 nitrogen and oxygen atoms in total. The van der Waals surface area contributed by atoms with Gasteiger partial charge in [-0.2, -0.15) is 79.0 Å². The van der Waals surface area contributed by atoms with E-state index in [1.807, 2.05) is 0 Å². The van der Waals surface area contributed by atoms with E-state index >= 15 is 26.3 Å². The van der Waals surface area contributed by atoms with Gasteiger partial charge in [-0.3, -0.25) is 0 Å². The maximum atomic E-state index is 15.6. The van der Waals surface area contributed by atoms with Crippen LogP contribution in [0.1, 0.15) is 66.8 Å². The topological polar surface area (TPSA) is 238 Å². The highest BCUT2D eigenvalue weighted by molar-refractivity contribution is 6.23. The van der Waals surface area contributed by atoms with Gasteiger partial charge in [-0.05, 0) is 47.5 Å². The molecule has 0 amide bonds. The predicted molar refractivity (Wildman–Crippen MR) is 169 cm³/mol. The summed E-state index contributed by atoms with van der Waals surface area (Å²) in [7, 11) is 0. The SMILES string of the molecule is N#CC1=C(C#N)c2c(c(C(F)(F)F)c3c(c2C(F)(F)F)/C(=C(/C#N)c2cc(C#N)cc(C#N)c2)C(C#N)=C3C#N)/C1=C(/C#N)c1cc(C#N)cc(C#N)c1. The summed E-state index contributed by atoms with van der Waals surface area (Å²) >= 11 is 0. The first-order chi connectivity index (χ1) is 25.6. The lowest BCUT2D eigenvalue weighted by Gasteiger charge is -2.25. The molecule has 250 valence electrons. The second-order valence-electron chi connectivity index (χ2n) is 11.0. The lowest BCUT2D eigenvalue weighted by molar-refractivity contribution is -0.141. The highest BCUT2D eigenvalue weighted by Gasteiger charge is 2.54. The molecule has 0 bridgehead atoms. The van der Waals surface area contributed by atoms with Crippen LogP contribution in [0, 0.1) is 113 Å². The minimum Gasteiger partial charge on any atom is -0.192 e. The molecule has 0 aromatic heterocycles. The molecule has 5 rings (SSSR count). The molecule has 54 heavy (non-hydrogen) atoms. The lowest BCUT2D eigenvalue weighted by Crippen LogP contribution is -2.20. The Morgan fingerprint density at radius 1 is 0.370 bits per heavy atom. The molecule has 0 saturated carbocycles. The van der Waals surface area contributed by atoms with Crippen LogP contribution in [-0.2, 0) is 12.4 Å². The number of alkyl halides is 6. The largest absolute Gasteiger partial charge is 0.417 e. The van der Waals surface area contributed by atoms with Gasteiger partial charge in [0.25, 0.3) is 0 Å². The first kappa shape index (κ1) is 36.4. The van der Waals surface area contributed by atoms with Crippen LogP contribution in [0.15, 0.2) is 47.5 Å². The van der Waals surface area contributed by atoms with Gasteiger partial charge in [0.15, 0.2) is 0 Å². The van der Waals surface area contributed by atoms with E-state index in [1.165, 1.54) is 36.4 Å². The monoisotopic (exact) mass is 716 g/mol. The van der Waals surface area contributed by atoms with E-state index in [4.69, 9.17) is 0 Å². The molecule has 3 aromatic carbocycles. The second-order valence-corrected chi connectivity index (χ2v) is 11.0. The molecule has 0 atom stereocenters. The number of benzene rings is 3. The van der Waals surface area contributed by atoms with Crippen LogP contribution >= 0.6 is 0 Å². The number of hydrogen-bond donors (Lipinski definition) is 0. The van der Waals surface area contributed by atoms with Gasteiger partial charge in [0.2, 0.25) is 0 Å². The third-order valence-electron chi connectivity index (χ3n) is 8.20. The van der Waals surface area contributed by atoms with Gasteiger partial charge in [-0.1, -0.05) is 0 Å². The average Bonchev–Trinajstić information content (AvgIpc) is 3.64. The Morgan fingerprint density at radius 2 is 0.648 bits per heavy atom. The Balaban J connectivity index is 2.23. The first-order valence-electron chi connectivity index (χ1n) is 14.3. The van der Waals surface area contributed by atoms with Crippen molar-refractivity contribution in [2.24, 2.45) is 0 Å². The van der Waals surface area contributed by atoms with Gasteiger partial charge in [0, 0.05) is 33.4 Å². The van der Waals surface area contributed by atoms with Gasteiger partial charge in [-0.25, -0.2) is 0 Å². The van der Waals surface area contributed by atoms with E-state index < -0.39 is 101 Å². The molecule has 0 heterocycles. The van der Waals surface area contributed by atoms with Crippen molar-refractivity contribution < 1.29 is 26.3 Å². The minimum absolute atomic E-state index is 0.313. The van der Waals surface area contributed by atoms with Crippen LogP contribution in [0.4, 0.5) is 26.3 Å². The molecule has 0 spiro atoms. The minimum atomic E-state index is -5.79. The number of nitrogens with zero attached hydrogens (tertiary/aromatic N) is 10. The quantitative estimate of drug-likeness (QED) is 0.185. The molecule has 0 unspecified atom stereocenters. The fourth-order valence-corrected chi connectivity index (χ4v) is 6.35. The summed E-state index contributed by atoms with van der Waals surface area (Å²) in [6.45, 7) is 0. The molecule has 0 radical (unpaired) electrons. The van der Waals surface area contributed by atoms with Crippen molar-refractivity contribution in [2.45, 2.75) is 12.4 Å². The molecule has 16 heteroatoms. The lowest BCUT2D eigenvalue weighted by atomic mass is 9.80. The normalized spacial score (nSPS) is 14.6. The van der Waals surface area contributed by atoms with E-state index in [-0.39, 0.29) is 22.3 Å². The number of nitriles is 10. The number of allylic oxidation sites excluding steroid dienone is 8. The summed E-state index contributed by atoms with van der Waals surface area (Å²) in [5.41, 5.74) is -21.7. The Bertz CT molecular complexity index is 2640. The fourth-order valence-electron chi connectivity index (χ4n) is 6.35. The molecule has 0 fully saturated rings. The van der Waals surface area contributed by atoms with E-state index in [1.54, 1.807) is 24.3 Å². The van der Waals surface area contributed by atoms with E-state index in [9.17, 15) is 52.6 Å². The molecule has 2 aliphatic rings. The fraction of sp³-hybridized carbons (Fsp3) is 0.0526. The van der Waals surface area contributed by atoms with Crippen LogP contribution in [0.25, 0.3) is 33.4 Å². The van der Waals surface area contributed by atoms with Crippen molar-refractivity contribution in [2.75, 3.05) is 0 Å². The molecular formula is C38H6F6N10. The number of fused-ring (bicyclic) bond motifs is 2. The molecule has 0 saturated heterocycles. The highest BCUT2D eigenvalue weighted by atomic mass is 19.4. The number of rotatable bonds is 2. The van der Waals surface area contributed by atoms with Gasteiger partial charge in [0.05, 0.1) is 91.1 Å². The molecule has 0 N–H and O–H groups in total. The van der Waals surface area contributed by atoms with E-state index in [0.29, 0.717) is 0 Å². The molecule has 0 aliphatic heterocycles. The Morgan fingerprint density at radius 3 is 0.852 bits per heavy atom. The summed E-state index contributed by atoms with van der Waals surface area (Å²) in [6.07, 6.45) is -11.6. The average molecular weight is 717 g/mol. The molecule has 3 aromatic rings. The number of hydrogen-bond acceptors (Lipinski definition) is 10. The van der Waals surface area contributed by atoms with Crippen LogP contribution < -0.4 is 0 Å². The Hall–Kier alpha value is -8.90. The van der Waals surface area contributed by atoms with Crippen LogP contribution in [0.3, 0.4) is 0 Å². The van der Waals surface area contributed by atoms with Crippen LogP contribution in [0.5, 0.6) is 0 Å². The van der Waals surface area contributed by atoms with Gasteiger partial charge < -0.3 is 0 Å². The first-order valence-corrected chi connectivity index (χ1v) is 14.3. The van der Waals surface area contributed by atoms with Crippen molar-refractivity contribution in [3.05, 3.63) is 114 Å². The van der Waals surface area contributed by atoms with Gasteiger partial charge in [0.1, 0.15) is 36.4 Å². The standard InChI is InChI=1S/C38H6F6N10/c39-37(40,41)35-32-28(16-54)26(14-52)30(24(12-50)22-5-19(9-47)2-20(6-22)10-48)34(32)36(38(42,43)44)31-27(15-53)25(13-51)29(33(31)35)23(11-49)21-3-17(7-45)1-18(4-21)8-46/h1-6H/b29-23-,30-24-. The Kier molecular flexibility index (Phi) is 8.82. The van der Waals surface area contributed by atoms with Crippen molar-refractivity contribution >= 4 is 33.4 Å². The third-order valence-corrected chi connectivity index (χ3v) is 8.20. The van der Waals surface area contributed by atoms with Gasteiger partial charge >= 0.3 is 12.4 Å². The zero-order valence-corrected chi connectivity index (χ0v) is 26.2. The maximum absolute atomic E-state index is 15.6. The zero-order valence-electron chi connectivity index (χ0n) is 26.2. The van der Waals surface area contributed by atoms with Crippen LogP contribution in [0.2, 0.25) is 0 Å². The predicted octanol–water partition coefficient (Wildman–Crippen LogP) is 7.71. The van der Waals surface area contributed by atoms with Crippen LogP contribution in [-0.4, -0.2) is 0 Å². The van der Waals surface area contributed by atoms with E-state index in [0.717, 1.165) is 36.4 Å². The van der Waals surface area contributed by atoms with E-state index in [2.05, 4.69) is 0 Å². The molecular weight excluding hydrogens is 710 g/mol. The zero-order chi connectivity index (χ0) is 39.9. The molecule has 2 aliphatic carbocycles. The summed E-state index contributed by atoms with van der Waals surface area (Å²) in [5.74, 6) is 0. The summed E-state index contributed by atoms with van der Waals surface area (Å²) in [5, 5.41) is 99.6.